The number of anilines is 1. The van der Waals surface area contributed by atoms with Crippen molar-refractivity contribution in [2.75, 3.05) is 18.0 Å². The third kappa shape index (κ3) is 4.23. The van der Waals surface area contributed by atoms with Gasteiger partial charge in [0.15, 0.2) is 0 Å². The van der Waals surface area contributed by atoms with E-state index in [1.54, 1.807) is 12.2 Å². The van der Waals surface area contributed by atoms with E-state index in [4.69, 9.17) is 0 Å². The van der Waals surface area contributed by atoms with Gasteiger partial charge in [0.1, 0.15) is 5.82 Å². The molecule has 0 spiro atoms. The summed E-state index contributed by atoms with van der Waals surface area (Å²) in [6, 6.07) is 6.21. The zero-order valence-electron chi connectivity index (χ0n) is 11.8. The highest BCUT2D eigenvalue weighted by molar-refractivity contribution is 5.88. The molecule has 1 N–H and O–H groups in total. The van der Waals surface area contributed by atoms with Crippen LogP contribution in [0, 0.1) is 0 Å². The predicted molar refractivity (Wildman–Crippen MR) is 81.6 cm³/mol. The number of piperidine rings is 1. The Morgan fingerprint density at radius 2 is 2.15 bits per heavy atom. The molecule has 0 saturated carbocycles. The van der Waals surface area contributed by atoms with Crippen LogP contribution in [0.2, 0.25) is 0 Å². The minimum Gasteiger partial charge on any atom is -0.356 e. The Balaban J connectivity index is 1.78. The maximum atomic E-state index is 11.7. The van der Waals surface area contributed by atoms with Gasteiger partial charge in [0.25, 0.3) is 0 Å². The van der Waals surface area contributed by atoms with Crippen molar-refractivity contribution in [3.8, 4) is 0 Å². The van der Waals surface area contributed by atoms with Crippen molar-refractivity contribution in [2.24, 2.45) is 0 Å². The highest BCUT2D eigenvalue weighted by atomic mass is 16.1. The van der Waals surface area contributed by atoms with E-state index in [-0.39, 0.29) is 11.9 Å². The first-order valence-electron chi connectivity index (χ1n) is 7.05. The van der Waals surface area contributed by atoms with Gasteiger partial charge in [0.05, 0.1) is 0 Å². The van der Waals surface area contributed by atoms with Gasteiger partial charge in [-0.3, -0.25) is 4.79 Å². The molecule has 4 heteroatoms. The quantitative estimate of drug-likeness (QED) is 0.675. The van der Waals surface area contributed by atoms with Gasteiger partial charge in [0, 0.05) is 31.4 Å². The largest absolute Gasteiger partial charge is 0.356 e. The Bertz CT molecular complexity index is 474. The topological polar surface area (TPSA) is 45.2 Å². The van der Waals surface area contributed by atoms with Crippen LogP contribution in [0.3, 0.4) is 0 Å². The van der Waals surface area contributed by atoms with Crippen molar-refractivity contribution in [1.29, 1.82) is 0 Å². The van der Waals surface area contributed by atoms with E-state index in [1.807, 2.05) is 43.5 Å². The van der Waals surface area contributed by atoms with E-state index in [9.17, 15) is 4.79 Å². The Hall–Kier alpha value is -2.10. The summed E-state index contributed by atoms with van der Waals surface area (Å²) >= 11 is 0. The number of nitrogens with one attached hydrogen (secondary N) is 1. The second kappa shape index (κ2) is 7.48. The maximum absolute atomic E-state index is 11.7. The molecule has 0 aromatic carbocycles. The van der Waals surface area contributed by atoms with E-state index in [1.165, 1.54) is 0 Å². The number of hydrogen-bond acceptors (Lipinski definition) is 3. The lowest BCUT2D eigenvalue weighted by molar-refractivity contribution is -0.117. The van der Waals surface area contributed by atoms with Crippen molar-refractivity contribution in [3.05, 3.63) is 48.7 Å². The molecule has 1 aromatic heterocycles. The maximum Gasteiger partial charge on any atom is 0.244 e. The standard InChI is InChI=1S/C16H21N3O/c1-2-3-4-8-16(20)18-14-9-12-19(13-10-14)15-7-5-6-11-17-15/h2-8,11,14H,9-10,12-13H2,1H3,(H,18,20)/b3-2+,8-4-. The summed E-state index contributed by atoms with van der Waals surface area (Å²) in [5.41, 5.74) is 0. The van der Waals surface area contributed by atoms with Gasteiger partial charge in [-0.1, -0.05) is 24.3 Å². The van der Waals surface area contributed by atoms with Crippen molar-refractivity contribution in [3.63, 3.8) is 0 Å². The lowest BCUT2D eigenvalue weighted by atomic mass is 10.0. The molecular weight excluding hydrogens is 250 g/mol. The number of hydrogen-bond donors (Lipinski definition) is 1. The lowest BCUT2D eigenvalue weighted by Gasteiger charge is -2.32. The molecule has 4 nitrogen and oxygen atoms in total. The van der Waals surface area contributed by atoms with Crippen molar-refractivity contribution < 1.29 is 4.79 Å². The second-order valence-electron chi connectivity index (χ2n) is 4.84. The lowest BCUT2D eigenvalue weighted by Crippen LogP contribution is -2.44. The van der Waals surface area contributed by atoms with Crippen LogP contribution < -0.4 is 10.2 Å². The Morgan fingerprint density at radius 1 is 1.35 bits per heavy atom. The SMILES string of the molecule is C/C=C/C=C\C(=O)NC1CCN(c2ccccn2)CC1. The third-order valence-electron chi connectivity index (χ3n) is 3.37. The summed E-state index contributed by atoms with van der Waals surface area (Å²) in [6.45, 7) is 3.79. The molecule has 0 bridgehead atoms. The molecule has 0 atom stereocenters. The molecule has 0 unspecified atom stereocenters. The van der Waals surface area contributed by atoms with Crippen LogP contribution in [0.15, 0.2) is 48.7 Å². The summed E-state index contributed by atoms with van der Waals surface area (Å²) in [5, 5.41) is 3.04. The molecule has 1 saturated heterocycles. The first-order chi connectivity index (χ1) is 9.79. The highest BCUT2D eigenvalue weighted by Gasteiger charge is 2.20. The van der Waals surface area contributed by atoms with Crippen LogP contribution in [-0.4, -0.2) is 30.0 Å². The number of allylic oxidation sites excluding steroid dienone is 3. The minimum absolute atomic E-state index is 0.0145. The zero-order chi connectivity index (χ0) is 14.2. The number of nitrogens with zero attached hydrogens (tertiary/aromatic N) is 2. The second-order valence-corrected chi connectivity index (χ2v) is 4.84. The van der Waals surface area contributed by atoms with Gasteiger partial charge in [-0.25, -0.2) is 4.98 Å². The Kier molecular flexibility index (Phi) is 5.35. The van der Waals surface area contributed by atoms with E-state index >= 15 is 0 Å². The Labute approximate surface area is 120 Å². The summed E-state index contributed by atoms with van der Waals surface area (Å²) in [4.78, 5) is 18.3. The average Bonchev–Trinajstić information content (AvgIpc) is 2.49. The average molecular weight is 271 g/mol. The molecule has 2 rings (SSSR count). The molecule has 0 aliphatic carbocycles. The molecule has 106 valence electrons. The molecule has 1 amide bonds. The first-order valence-corrected chi connectivity index (χ1v) is 7.05. The monoisotopic (exact) mass is 271 g/mol. The molecule has 1 aliphatic heterocycles. The predicted octanol–water partition coefficient (Wildman–Crippen LogP) is 2.30. The van der Waals surface area contributed by atoms with Crippen LogP contribution in [0.4, 0.5) is 5.82 Å². The van der Waals surface area contributed by atoms with Crippen LogP contribution >= 0.6 is 0 Å². The highest BCUT2D eigenvalue weighted by Crippen LogP contribution is 2.17. The number of carbonyl (C=O) groups excluding carboxylic acids is 1. The van der Waals surface area contributed by atoms with Gasteiger partial charge in [-0.15, -0.1) is 0 Å². The van der Waals surface area contributed by atoms with E-state index in [0.29, 0.717) is 0 Å². The molecule has 2 heterocycles. The van der Waals surface area contributed by atoms with Gasteiger partial charge < -0.3 is 10.2 Å². The number of pyridine rings is 1. The van der Waals surface area contributed by atoms with Gasteiger partial charge >= 0.3 is 0 Å². The molecule has 20 heavy (non-hydrogen) atoms. The number of aromatic nitrogens is 1. The zero-order valence-corrected chi connectivity index (χ0v) is 11.8. The summed E-state index contributed by atoms with van der Waals surface area (Å²) in [7, 11) is 0. The summed E-state index contributed by atoms with van der Waals surface area (Å²) < 4.78 is 0. The fourth-order valence-corrected chi connectivity index (χ4v) is 2.30. The number of rotatable bonds is 4. The molecule has 1 fully saturated rings. The van der Waals surface area contributed by atoms with Gasteiger partial charge in [-0.05, 0) is 31.9 Å². The van der Waals surface area contributed by atoms with Crippen molar-refractivity contribution in [1.82, 2.24) is 10.3 Å². The fourth-order valence-electron chi connectivity index (χ4n) is 2.30. The molecular formula is C16H21N3O. The third-order valence-corrected chi connectivity index (χ3v) is 3.37. The number of amides is 1. The van der Waals surface area contributed by atoms with Crippen LogP contribution in [-0.2, 0) is 4.79 Å². The molecule has 1 aliphatic rings. The number of carbonyl (C=O) groups is 1. The van der Waals surface area contributed by atoms with Crippen LogP contribution in [0.5, 0.6) is 0 Å². The first kappa shape index (κ1) is 14.3. The molecule has 0 radical (unpaired) electrons. The fraction of sp³-hybridized carbons (Fsp3) is 0.375. The summed E-state index contributed by atoms with van der Waals surface area (Å²) in [6.07, 6.45) is 10.8. The van der Waals surface area contributed by atoms with E-state index in [2.05, 4.69) is 15.2 Å². The van der Waals surface area contributed by atoms with Gasteiger partial charge in [0.2, 0.25) is 5.91 Å². The van der Waals surface area contributed by atoms with E-state index < -0.39 is 0 Å². The van der Waals surface area contributed by atoms with Gasteiger partial charge in [-0.2, -0.15) is 0 Å². The van der Waals surface area contributed by atoms with Crippen LogP contribution in [0.1, 0.15) is 19.8 Å². The minimum atomic E-state index is -0.0145. The summed E-state index contributed by atoms with van der Waals surface area (Å²) in [5.74, 6) is 1.00. The smallest absolute Gasteiger partial charge is 0.244 e. The van der Waals surface area contributed by atoms with Crippen LogP contribution in [0.25, 0.3) is 0 Å². The normalized spacial score (nSPS) is 16.9. The Morgan fingerprint density at radius 3 is 2.80 bits per heavy atom. The van der Waals surface area contributed by atoms with Crippen molar-refractivity contribution >= 4 is 11.7 Å². The van der Waals surface area contributed by atoms with Crippen molar-refractivity contribution in [2.45, 2.75) is 25.8 Å². The molecule has 1 aromatic rings. The van der Waals surface area contributed by atoms with E-state index in [0.717, 1.165) is 31.7 Å².